The Morgan fingerprint density at radius 3 is 2.86 bits per heavy atom. The van der Waals surface area contributed by atoms with E-state index < -0.39 is 5.91 Å². The number of nitrogens with one attached hydrogen (secondary N) is 2. The molecule has 0 unspecified atom stereocenters. The summed E-state index contributed by atoms with van der Waals surface area (Å²) in [5.74, 6) is 0.373. The first-order valence-electron chi connectivity index (χ1n) is 8.89. The molecule has 146 valence electrons. The summed E-state index contributed by atoms with van der Waals surface area (Å²) in [6.45, 7) is 0. The van der Waals surface area contributed by atoms with Crippen LogP contribution in [-0.4, -0.2) is 45.3 Å². The number of hydrogen-bond donors (Lipinski definition) is 3. The number of methoxy groups -OCH3 is 1. The molecule has 0 aromatic carbocycles. The number of amides is 1. The maximum absolute atomic E-state index is 12.9. The molecule has 1 fully saturated rings. The third-order valence-electron chi connectivity index (χ3n) is 5.03. The lowest BCUT2D eigenvalue weighted by Crippen LogP contribution is -2.37. The van der Waals surface area contributed by atoms with Crippen LogP contribution in [0.5, 0.6) is 0 Å². The highest BCUT2D eigenvalue weighted by molar-refractivity contribution is 5.98. The van der Waals surface area contributed by atoms with E-state index in [4.69, 9.17) is 10.5 Å². The van der Waals surface area contributed by atoms with Crippen LogP contribution in [-0.2, 0) is 4.74 Å². The smallest absolute Gasteiger partial charge is 0.274 e. The summed E-state index contributed by atoms with van der Waals surface area (Å²) < 4.78 is 8.49. The predicted octanol–water partition coefficient (Wildman–Crippen LogP) is 1.13. The molecule has 0 bridgehead atoms. The monoisotopic (exact) mass is 383 g/mol. The van der Waals surface area contributed by atoms with Gasteiger partial charge in [-0.1, -0.05) is 0 Å². The summed E-state index contributed by atoms with van der Waals surface area (Å²) in [5.41, 5.74) is 6.16. The van der Waals surface area contributed by atoms with Gasteiger partial charge in [0, 0.05) is 32.5 Å². The third kappa shape index (κ3) is 2.97. The van der Waals surface area contributed by atoms with Crippen molar-refractivity contribution >= 4 is 28.9 Å². The first-order valence-corrected chi connectivity index (χ1v) is 8.89. The van der Waals surface area contributed by atoms with E-state index >= 15 is 0 Å². The Morgan fingerprint density at radius 2 is 2.18 bits per heavy atom. The number of anilines is 3. The van der Waals surface area contributed by atoms with Gasteiger partial charge in [-0.05, 0) is 25.0 Å². The lowest BCUT2D eigenvalue weighted by molar-refractivity contribution is 0.00522. The maximum Gasteiger partial charge on any atom is 0.274 e. The van der Waals surface area contributed by atoms with Crippen molar-refractivity contribution < 1.29 is 9.53 Å². The number of nitrogens with two attached hydrogens (primary N) is 1. The largest absolute Gasteiger partial charge is 0.381 e. The lowest BCUT2D eigenvalue weighted by atomic mass is 9.89. The average Bonchev–Trinajstić information content (AvgIpc) is 3.07. The van der Waals surface area contributed by atoms with Gasteiger partial charge >= 0.3 is 0 Å². The van der Waals surface area contributed by atoms with E-state index in [1.807, 2.05) is 6.07 Å². The Labute approximate surface area is 160 Å². The fourth-order valence-corrected chi connectivity index (χ4v) is 3.37. The van der Waals surface area contributed by atoms with Crippen molar-refractivity contribution in [3.05, 3.63) is 46.5 Å². The molecule has 3 heterocycles. The van der Waals surface area contributed by atoms with Crippen molar-refractivity contribution in [1.82, 2.24) is 19.2 Å². The summed E-state index contributed by atoms with van der Waals surface area (Å²) in [6, 6.07) is 5.33. The van der Waals surface area contributed by atoms with Gasteiger partial charge in [0.05, 0.1) is 12.3 Å². The fraction of sp³-hybridized carbons (Fsp3) is 0.333. The number of ether oxygens (including phenoxy) is 1. The van der Waals surface area contributed by atoms with Crippen LogP contribution in [0.2, 0.25) is 0 Å². The minimum Gasteiger partial charge on any atom is -0.381 e. The van der Waals surface area contributed by atoms with E-state index in [1.165, 1.54) is 10.7 Å². The Bertz CT molecular complexity index is 1100. The van der Waals surface area contributed by atoms with E-state index in [9.17, 15) is 9.59 Å². The highest BCUT2D eigenvalue weighted by atomic mass is 16.5. The number of pyridine rings is 1. The first kappa shape index (κ1) is 18.0. The predicted molar refractivity (Wildman–Crippen MR) is 104 cm³/mol. The Morgan fingerprint density at radius 1 is 1.39 bits per heavy atom. The number of carbonyl (C=O) groups is 1. The van der Waals surface area contributed by atoms with Gasteiger partial charge in [-0.25, -0.2) is 4.98 Å². The molecule has 4 N–H and O–H groups in total. The topological polar surface area (TPSA) is 129 Å². The molecule has 10 nitrogen and oxygen atoms in total. The molecule has 1 saturated carbocycles. The van der Waals surface area contributed by atoms with E-state index in [-0.39, 0.29) is 23.3 Å². The second kappa shape index (κ2) is 6.97. The maximum atomic E-state index is 12.9. The fourth-order valence-electron chi connectivity index (χ4n) is 3.37. The molecule has 3 aromatic heterocycles. The number of aromatic nitrogens is 4. The zero-order chi connectivity index (χ0) is 19.8. The molecule has 0 atom stereocenters. The van der Waals surface area contributed by atoms with E-state index in [0.717, 1.165) is 12.8 Å². The molecular weight excluding hydrogens is 362 g/mol. The van der Waals surface area contributed by atoms with E-state index in [1.54, 1.807) is 37.1 Å². The van der Waals surface area contributed by atoms with Gasteiger partial charge in [-0.2, -0.15) is 9.61 Å². The van der Waals surface area contributed by atoms with Crippen LogP contribution >= 0.6 is 0 Å². The molecule has 0 radical (unpaired) electrons. The lowest BCUT2D eigenvalue weighted by Gasteiger charge is -2.35. The molecule has 0 saturated heterocycles. The van der Waals surface area contributed by atoms with Gasteiger partial charge in [0.15, 0.2) is 5.65 Å². The second-order valence-corrected chi connectivity index (χ2v) is 6.68. The number of fused-ring (bicyclic) bond motifs is 1. The second-order valence-electron chi connectivity index (χ2n) is 6.68. The zero-order valence-corrected chi connectivity index (χ0v) is 15.5. The molecule has 3 aromatic rings. The summed E-state index contributed by atoms with van der Waals surface area (Å²) in [7, 11) is 3.40. The van der Waals surface area contributed by atoms with Crippen LogP contribution < -0.4 is 21.9 Å². The minimum atomic E-state index is -0.624. The molecule has 0 aliphatic heterocycles. The van der Waals surface area contributed by atoms with E-state index in [0.29, 0.717) is 23.0 Å². The van der Waals surface area contributed by atoms with Crippen LogP contribution in [0.4, 0.5) is 17.3 Å². The van der Waals surface area contributed by atoms with Gasteiger partial charge in [0.1, 0.15) is 22.9 Å². The molecule has 10 heteroatoms. The van der Waals surface area contributed by atoms with Crippen molar-refractivity contribution in [1.29, 1.82) is 0 Å². The number of hydrogen-bond acceptors (Lipinski definition) is 7. The highest BCUT2D eigenvalue weighted by Gasteiger charge is 2.31. The number of primary amides is 1. The molecule has 1 aliphatic rings. The minimum absolute atomic E-state index is 0.124. The van der Waals surface area contributed by atoms with Crippen LogP contribution in [0.3, 0.4) is 0 Å². The summed E-state index contributed by atoms with van der Waals surface area (Å²) in [4.78, 5) is 28.9. The molecule has 4 rings (SSSR count). The van der Waals surface area contributed by atoms with Crippen molar-refractivity contribution in [2.75, 3.05) is 24.8 Å². The van der Waals surface area contributed by atoms with Crippen LogP contribution in [0, 0.1) is 0 Å². The van der Waals surface area contributed by atoms with Gasteiger partial charge in [0.2, 0.25) is 0 Å². The quantitative estimate of drug-likeness (QED) is 0.582. The highest BCUT2D eigenvalue weighted by Crippen LogP contribution is 2.33. The molecule has 28 heavy (non-hydrogen) atoms. The number of carbonyl (C=O) groups excluding carboxylic acids is 1. The average molecular weight is 383 g/mol. The van der Waals surface area contributed by atoms with Gasteiger partial charge < -0.3 is 25.7 Å². The summed E-state index contributed by atoms with van der Waals surface area (Å²) in [5, 5.41) is 10.2. The van der Waals surface area contributed by atoms with Gasteiger partial charge in [-0.15, -0.1) is 0 Å². The molecule has 1 aliphatic carbocycles. The third-order valence-corrected chi connectivity index (χ3v) is 5.03. The number of nitrogens with zero attached hydrogens (tertiary/aromatic N) is 4. The molecule has 1 amide bonds. The SMILES string of the molecule is CNc1cc(Nc2cccn([C@H]3C[C@H](OC)C3)c2=O)nc2c(C(N)=O)cnn12. The normalized spacial score (nSPS) is 18.6. The number of rotatable bonds is 6. The van der Waals surface area contributed by atoms with Crippen molar-refractivity contribution in [2.24, 2.45) is 5.73 Å². The Balaban J connectivity index is 1.69. The summed E-state index contributed by atoms with van der Waals surface area (Å²) >= 11 is 0. The van der Waals surface area contributed by atoms with E-state index in [2.05, 4.69) is 20.7 Å². The Kier molecular flexibility index (Phi) is 4.47. The van der Waals surface area contributed by atoms with Gasteiger partial charge in [-0.3, -0.25) is 9.59 Å². The molecular formula is C18H21N7O3. The van der Waals surface area contributed by atoms with Crippen LogP contribution in [0.1, 0.15) is 29.2 Å². The van der Waals surface area contributed by atoms with Crippen molar-refractivity contribution in [3.63, 3.8) is 0 Å². The molecule has 0 spiro atoms. The van der Waals surface area contributed by atoms with Crippen molar-refractivity contribution in [3.8, 4) is 0 Å². The zero-order valence-electron chi connectivity index (χ0n) is 15.5. The van der Waals surface area contributed by atoms with Crippen LogP contribution in [0.25, 0.3) is 5.65 Å². The Hall–Kier alpha value is -3.40. The van der Waals surface area contributed by atoms with Crippen molar-refractivity contribution in [2.45, 2.75) is 25.0 Å². The first-order chi connectivity index (χ1) is 13.5. The standard InChI is InChI=1S/C18H21N7O3/c1-20-15-8-14(23-17-12(16(19)26)9-21-25(15)17)22-13-4-3-5-24(18(13)27)10-6-11(7-10)28-2/h3-5,8-11,20H,6-7H2,1-2H3,(H2,19,26)(H,22,23)/t10-,11-. The summed E-state index contributed by atoms with van der Waals surface area (Å²) in [6.07, 6.45) is 4.97. The van der Waals surface area contributed by atoms with Gasteiger partial charge in [0.25, 0.3) is 11.5 Å². The van der Waals surface area contributed by atoms with Crippen LogP contribution in [0.15, 0.2) is 35.4 Å².